The molecule has 0 saturated carbocycles. The zero-order valence-corrected chi connectivity index (χ0v) is 19.7. The summed E-state index contributed by atoms with van der Waals surface area (Å²) < 4.78 is 41.4. The van der Waals surface area contributed by atoms with E-state index in [1.807, 2.05) is 13.0 Å². The second-order valence-electron chi connectivity index (χ2n) is 8.80. The molecule has 3 aromatic heterocycles. The van der Waals surface area contributed by atoms with Gasteiger partial charge in [-0.1, -0.05) is 9.95 Å². The number of nitrogens with zero attached hydrogens (tertiary/aromatic N) is 3. The number of fused-ring (bicyclic) bond motifs is 4. The van der Waals surface area contributed by atoms with Crippen LogP contribution in [0.1, 0.15) is 17.2 Å². The summed E-state index contributed by atoms with van der Waals surface area (Å²) in [6.45, 7) is 3.27. The highest BCUT2D eigenvalue weighted by atomic mass is 32.3. The first-order chi connectivity index (χ1) is 17.2. The van der Waals surface area contributed by atoms with Gasteiger partial charge >= 0.3 is 10.5 Å². The van der Waals surface area contributed by atoms with Crippen LogP contribution in [0.4, 0.5) is 3.89 Å². The van der Waals surface area contributed by atoms with Gasteiger partial charge in [0.1, 0.15) is 5.65 Å². The van der Waals surface area contributed by atoms with E-state index < -0.39 is 10.5 Å². The van der Waals surface area contributed by atoms with Gasteiger partial charge in [-0.2, -0.15) is 13.7 Å². The van der Waals surface area contributed by atoms with Gasteiger partial charge in [0.25, 0.3) is 0 Å². The average molecular weight is 504 g/mol. The maximum atomic E-state index is 13.8. The number of rotatable bonds is 4. The van der Waals surface area contributed by atoms with Crippen LogP contribution in [0.2, 0.25) is 0 Å². The minimum Gasteiger partial charge on any atom is -0.357 e. The van der Waals surface area contributed by atoms with Gasteiger partial charge in [0.15, 0.2) is 11.2 Å². The number of nitrogens with one attached hydrogen (secondary N) is 2. The summed E-state index contributed by atoms with van der Waals surface area (Å²) in [6, 6.07) is 12.5. The first kappa shape index (κ1) is 22.2. The zero-order chi connectivity index (χ0) is 25.2. The van der Waals surface area contributed by atoms with Gasteiger partial charge in [0.2, 0.25) is 0 Å². The molecule has 0 radical (unpaired) electrons. The van der Waals surface area contributed by atoms with Crippen molar-refractivity contribution in [3.63, 3.8) is 0 Å². The van der Waals surface area contributed by atoms with Crippen LogP contribution in [0.3, 0.4) is 0 Å². The van der Waals surface area contributed by atoms with Crippen molar-refractivity contribution >= 4 is 43.3 Å². The van der Waals surface area contributed by atoms with E-state index in [2.05, 4.69) is 30.1 Å². The maximum Gasteiger partial charge on any atom is 0.488 e. The first-order valence-electron chi connectivity index (χ1n) is 11.1. The number of aryl methyl sites for hydroxylation is 1. The lowest BCUT2D eigenvalue weighted by atomic mass is 9.97. The van der Waals surface area contributed by atoms with Crippen LogP contribution >= 0.6 is 0 Å². The molecule has 1 saturated heterocycles. The summed E-state index contributed by atoms with van der Waals surface area (Å²) in [5, 5.41) is 14.4. The van der Waals surface area contributed by atoms with Gasteiger partial charge in [0.05, 0.1) is 34.8 Å². The van der Waals surface area contributed by atoms with E-state index in [0.717, 1.165) is 17.1 Å². The molecule has 1 aliphatic rings. The number of benzene rings is 2. The third-order valence-corrected chi connectivity index (χ3v) is 6.96. The Balaban J connectivity index is 1.66. The van der Waals surface area contributed by atoms with Crippen molar-refractivity contribution in [3.05, 3.63) is 70.1 Å². The van der Waals surface area contributed by atoms with E-state index in [9.17, 15) is 22.4 Å². The Morgan fingerprint density at radius 1 is 1.17 bits per heavy atom. The molecule has 1 fully saturated rings. The largest absolute Gasteiger partial charge is 0.488 e. The third-order valence-electron chi connectivity index (χ3n) is 6.57. The van der Waals surface area contributed by atoms with E-state index in [0.29, 0.717) is 57.2 Å². The molecule has 5 aromatic rings. The summed E-state index contributed by atoms with van der Waals surface area (Å²) in [5.41, 5.74) is 4.38. The fourth-order valence-electron chi connectivity index (χ4n) is 4.87. The Morgan fingerprint density at radius 2 is 1.97 bits per heavy atom. The van der Waals surface area contributed by atoms with E-state index in [1.54, 1.807) is 24.3 Å². The summed E-state index contributed by atoms with van der Waals surface area (Å²) in [7, 11) is -5.20. The Bertz CT molecular complexity index is 1930. The number of hydrogen-bond donors (Lipinski definition) is 2. The summed E-state index contributed by atoms with van der Waals surface area (Å²) in [6.07, 6.45) is 2.63. The van der Waals surface area contributed by atoms with Crippen molar-refractivity contribution in [2.24, 2.45) is 0 Å². The van der Waals surface area contributed by atoms with E-state index in [1.165, 1.54) is 12.3 Å². The second-order valence-corrected chi connectivity index (χ2v) is 9.75. The molecule has 2 aromatic carbocycles. The van der Waals surface area contributed by atoms with Crippen molar-refractivity contribution in [1.29, 1.82) is 5.26 Å². The van der Waals surface area contributed by atoms with Gasteiger partial charge in [0, 0.05) is 41.1 Å². The lowest BCUT2D eigenvalue weighted by Gasteiger charge is -2.32. The minimum atomic E-state index is -5.20. The topological polar surface area (TPSA) is 130 Å². The standard InChI is InChI=1S/C25H18FN5O4S/c1-13-4-20-22(7-19(13)15-6-17(12-28-9-15)35-36(26,33)34)31(16-10-29-11-16)25-23(24(20)32)18-3-2-14(8-27)5-21(18)30-25/h2-7,9,12,16,29-30H,10-11H2,1H3. The minimum absolute atomic E-state index is 0.0825. The van der Waals surface area contributed by atoms with Crippen molar-refractivity contribution in [3.8, 4) is 22.9 Å². The molecular weight excluding hydrogens is 485 g/mol. The van der Waals surface area contributed by atoms with Crippen molar-refractivity contribution in [2.75, 3.05) is 13.1 Å². The Hall–Kier alpha value is -4.27. The summed E-state index contributed by atoms with van der Waals surface area (Å²) >= 11 is 0. The lowest BCUT2D eigenvalue weighted by molar-refractivity contribution is 0.357. The van der Waals surface area contributed by atoms with Crippen LogP contribution in [0.5, 0.6) is 5.75 Å². The van der Waals surface area contributed by atoms with Gasteiger partial charge in [-0.15, -0.1) is 0 Å². The van der Waals surface area contributed by atoms with Crippen LogP contribution in [0, 0.1) is 18.3 Å². The second kappa shape index (κ2) is 7.87. The zero-order valence-electron chi connectivity index (χ0n) is 18.9. The Kier molecular flexibility index (Phi) is 4.86. The molecule has 0 bridgehead atoms. The van der Waals surface area contributed by atoms with Crippen LogP contribution in [0.15, 0.2) is 53.6 Å². The smallest absolute Gasteiger partial charge is 0.357 e. The predicted molar refractivity (Wildman–Crippen MR) is 133 cm³/mol. The van der Waals surface area contributed by atoms with Crippen molar-refractivity contribution in [2.45, 2.75) is 13.0 Å². The summed E-state index contributed by atoms with van der Waals surface area (Å²) in [4.78, 5) is 21.1. The van der Waals surface area contributed by atoms with Crippen LogP contribution < -0.4 is 14.9 Å². The molecule has 0 aliphatic carbocycles. The molecule has 11 heteroatoms. The highest BCUT2D eigenvalue weighted by Gasteiger charge is 2.26. The molecule has 0 amide bonds. The number of aromatic nitrogens is 3. The Labute approximate surface area is 204 Å². The SMILES string of the molecule is Cc1cc2c(=O)c3c4ccc(C#N)cc4[nH]c3n(C3CNC3)c2cc1-c1cncc(OS(=O)(=O)F)c1. The molecule has 2 N–H and O–H groups in total. The highest BCUT2D eigenvalue weighted by Crippen LogP contribution is 2.34. The first-order valence-corrected chi connectivity index (χ1v) is 12.4. The van der Waals surface area contributed by atoms with Gasteiger partial charge in [-0.3, -0.25) is 9.78 Å². The normalized spacial score (nSPS) is 14.2. The Morgan fingerprint density at radius 3 is 2.67 bits per heavy atom. The highest BCUT2D eigenvalue weighted by molar-refractivity contribution is 7.81. The third kappa shape index (κ3) is 3.50. The number of H-pyrrole nitrogens is 1. The number of aromatic amines is 1. The van der Waals surface area contributed by atoms with Crippen LogP contribution in [-0.2, 0) is 10.5 Å². The monoisotopic (exact) mass is 503 g/mol. The maximum absolute atomic E-state index is 13.8. The van der Waals surface area contributed by atoms with Crippen molar-refractivity contribution < 1.29 is 16.5 Å². The molecule has 1 aliphatic heterocycles. The number of pyridine rings is 2. The fourth-order valence-corrected chi connectivity index (χ4v) is 5.19. The molecule has 0 spiro atoms. The van der Waals surface area contributed by atoms with E-state index >= 15 is 0 Å². The van der Waals surface area contributed by atoms with Gasteiger partial charge in [-0.05, 0) is 48.4 Å². The fraction of sp³-hybridized carbons (Fsp3) is 0.160. The number of nitriles is 1. The molecule has 9 nitrogen and oxygen atoms in total. The molecular formula is C25H18FN5O4S. The number of halogens is 1. The quantitative estimate of drug-likeness (QED) is 0.358. The molecule has 4 heterocycles. The van der Waals surface area contributed by atoms with Crippen molar-refractivity contribution in [1.82, 2.24) is 19.9 Å². The molecule has 0 atom stereocenters. The van der Waals surface area contributed by atoms with Gasteiger partial charge < -0.3 is 19.1 Å². The summed E-state index contributed by atoms with van der Waals surface area (Å²) in [5.74, 6) is -0.255. The van der Waals surface area contributed by atoms with E-state index in [4.69, 9.17) is 0 Å². The predicted octanol–water partition coefficient (Wildman–Crippen LogP) is 3.62. The van der Waals surface area contributed by atoms with Crippen LogP contribution in [-0.4, -0.2) is 36.0 Å². The lowest BCUT2D eigenvalue weighted by Crippen LogP contribution is -2.44. The average Bonchev–Trinajstić information content (AvgIpc) is 3.18. The molecule has 180 valence electrons. The number of hydrogen-bond acceptors (Lipinski definition) is 7. The van der Waals surface area contributed by atoms with Crippen LogP contribution in [0.25, 0.3) is 44.0 Å². The van der Waals surface area contributed by atoms with Gasteiger partial charge in [-0.25, -0.2) is 0 Å². The molecule has 36 heavy (non-hydrogen) atoms. The molecule has 6 rings (SSSR count). The van der Waals surface area contributed by atoms with E-state index in [-0.39, 0.29) is 17.2 Å². The molecule has 0 unspecified atom stereocenters.